The highest BCUT2D eigenvalue weighted by molar-refractivity contribution is 5.86. The minimum atomic E-state index is -0.885. The number of carboxylic acid groups (broad SMARTS) is 1. The Morgan fingerprint density at radius 2 is 1.88 bits per heavy atom. The zero-order valence-electron chi connectivity index (χ0n) is 11.2. The molecule has 0 saturated heterocycles. The van der Waals surface area contributed by atoms with E-state index in [2.05, 4.69) is 19.6 Å². The summed E-state index contributed by atoms with van der Waals surface area (Å²) in [5.74, 6) is -0.896. The van der Waals surface area contributed by atoms with Crippen LogP contribution in [0.1, 0.15) is 58.8 Å². The molecule has 0 amide bonds. The van der Waals surface area contributed by atoms with Crippen molar-refractivity contribution in [3.63, 3.8) is 0 Å². The van der Waals surface area contributed by atoms with E-state index in [1.807, 2.05) is 13.0 Å². The predicted molar refractivity (Wildman–Crippen MR) is 73.1 cm³/mol. The molecular formula is C15H26O2. The maximum absolute atomic E-state index is 10.8. The molecule has 0 aromatic rings. The minimum Gasteiger partial charge on any atom is -0.478 e. The van der Waals surface area contributed by atoms with Gasteiger partial charge in [0.1, 0.15) is 0 Å². The Kier molecular flexibility index (Phi) is 9.50. The second-order valence-electron chi connectivity index (χ2n) is 4.48. The standard InChI is InChI=1S/C15H26O2/c1-4-6-7-8-9-10-11-12-14(5-2)13(3)15(16)17/h11-12,14H,3-10H2,1-2H3,(H,16,17)/b12-11-. The van der Waals surface area contributed by atoms with Gasteiger partial charge in [0.2, 0.25) is 0 Å². The summed E-state index contributed by atoms with van der Waals surface area (Å²) in [5, 5.41) is 8.85. The highest BCUT2D eigenvalue weighted by atomic mass is 16.4. The summed E-state index contributed by atoms with van der Waals surface area (Å²) in [4.78, 5) is 10.8. The summed E-state index contributed by atoms with van der Waals surface area (Å²) in [6, 6.07) is 0. The van der Waals surface area contributed by atoms with Crippen molar-refractivity contribution >= 4 is 5.97 Å². The fourth-order valence-electron chi connectivity index (χ4n) is 1.78. The van der Waals surface area contributed by atoms with Crippen molar-refractivity contribution in [1.82, 2.24) is 0 Å². The van der Waals surface area contributed by atoms with Crippen LogP contribution in [0.4, 0.5) is 0 Å². The van der Waals surface area contributed by atoms with Crippen molar-refractivity contribution < 1.29 is 9.90 Å². The average Bonchev–Trinajstić information content (AvgIpc) is 2.32. The highest BCUT2D eigenvalue weighted by Crippen LogP contribution is 2.16. The van der Waals surface area contributed by atoms with Crippen LogP contribution in [0.5, 0.6) is 0 Å². The van der Waals surface area contributed by atoms with E-state index in [9.17, 15) is 4.79 Å². The van der Waals surface area contributed by atoms with Crippen LogP contribution in [0, 0.1) is 5.92 Å². The molecule has 17 heavy (non-hydrogen) atoms. The monoisotopic (exact) mass is 238 g/mol. The smallest absolute Gasteiger partial charge is 0.331 e. The summed E-state index contributed by atoms with van der Waals surface area (Å²) in [6.45, 7) is 7.82. The second kappa shape index (κ2) is 10.1. The van der Waals surface area contributed by atoms with E-state index in [1.54, 1.807) is 0 Å². The van der Waals surface area contributed by atoms with Crippen LogP contribution in [0.3, 0.4) is 0 Å². The van der Waals surface area contributed by atoms with Crippen LogP contribution in [0.2, 0.25) is 0 Å². The van der Waals surface area contributed by atoms with E-state index in [0.717, 1.165) is 12.8 Å². The van der Waals surface area contributed by atoms with Gasteiger partial charge in [-0.3, -0.25) is 0 Å². The lowest BCUT2D eigenvalue weighted by Gasteiger charge is -2.09. The van der Waals surface area contributed by atoms with Gasteiger partial charge in [0.05, 0.1) is 0 Å². The maximum atomic E-state index is 10.8. The van der Waals surface area contributed by atoms with Crippen molar-refractivity contribution in [2.45, 2.75) is 58.8 Å². The van der Waals surface area contributed by atoms with Crippen LogP contribution < -0.4 is 0 Å². The zero-order valence-corrected chi connectivity index (χ0v) is 11.2. The van der Waals surface area contributed by atoms with Gasteiger partial charge in [-0.15, -0.1) is 0 Å². The van der Waals surface area contributed by atoms with Gasteiger partial charge in [-0.25, -0.2) is 4.79 Å². The lowest BCUT2D eigenvalue weighted by molar-refractivity contribution is -0.133. The first-order valence-corrected chi connectivity index (χ1v) is 6.72. The van der Waals surface area contributed by atoms with Gasteiger partial charge in [-0.1, -0.05) is 58.3 Å². The molecule has 0 saturated carbocycles. The van der Waals surface area contributed by atoms with Gasteiger partial charge in [0.15, 0.2) is 0 Å². The molecule has 0 aliphatic heterocycles. The van der Waals surface area contributed by atoms with E-state index in [4.69, 9.17) is 5.11 Å². The molecule has 0 fully saturated rings. The molecule has 0 radical (unpaired) electrons. The maximum Gasteiger partial charge on any atom is 0.331 e. The van der Waals surface area contributed by atoms with Crippen molar-refractivity contribution in [3.05, 3.63) is 24.3 Å². The van der Waals surface area contributed by atoms with Crippen molar-refractivity contribution in [2.75, 3.05) is 0 Å². The second-order valence-corrected chi connectivity index (χ2v) is 4.48. The third-order valence-electron chi connectivity index (χ3n) is 3.00. The van der Waals surface area contributed by atoms with E-state index >= 15 is 0 Å². The topological polar surface area (TPSA) is 37.3 Å². The van der Waals surface area contributed by atoms with Crippen LogP contribution in [-0.2, 0) is 4.79 Å². The molecule has 2 heteroatoms. The number of hydrogen-bond acceptors (Lipinski definition) is 1. The molecule has 0 aliphatic rings. The summed E-state index contributed by atoms with van der Waals surface area (Å²) >= 11 is 0. The molecule has 0 aromatic heterocycles. The number of aliphatic carboxylic acids is 1. The number of allylic oxidation sites excluding steroid dienone is 2. The van der Waals surface area contributed by atoms with Gasteiger partial charge in [-0.05, 0) is 19.3 Å². The molecule has 0 bridgehead atoms. The first kappa shape index (κ1) is 16.0. The first-order chi connectivity index (χ1) is 8.13. The number of carboxylic acids is 1. The summed E-state index contributed by atoms with van der Waals surface area (Å²) < 4.78 is 0. The quantitative estimate of drug-likeness (QED) is 0.344. The van der Waals surface area contributed by atoms with Crippen molar-refractivity contribution in [2.24, 2.45) is 5.92 Å². The molecule has 0 spiro atoms. The van der Waals surface area contributed by atoms with Gasteiger partial charge in [0, 0.05) is 11.5 Å². The Hall–Kier alpha value is -1.05. The molecular weight excluding hydrogens is 212 g/mol. The molecule has 1 N–H and O–H groups in total. The SMILES string of the molecule is C=C(C(=O)O)C(/C=C\CCCCCCC)CC. The third-order valence-corrected chi connectivity index (χ3v) is 3.00. The largest absolute Gasteiger partial charge is 0.478 e. The molecule has 0 heterocycles. The highest BCUT2D eigenvalue weighted by Gasteiger charge is 2.12. The van der Waals surface area contributed by atoms with E-state index in [1.165, 1.54) is 32.1 Å². The third kappa shape index (κ3) is 7.78. The number of unbranched alkanes of at least 4 members (excludes halogenated alkanes) is 5. The Morgan fingerprint density at radius 3 is 2.41 bits per heavy atom. The van der Waals surface area contributed by atoms with Gasteiger partial charge < -0.3 is 5.11 Å². The Labute approximate surface area is 105 Å². The van der Waals surface area contributed by atoms with Crippen LogP contribution in [-0.4, -0.2) is 11.1 Å². The lowest BCUT2D eigenvalue weighted by atomic mass is 9.96. The fraction of sp³-hybridized carbons (Fsp3) is 0.667. The van der Waals surface area contributed by atoms with Gasteiger partial charge in [0.25, 0.3) is 0 Å². The van der Waals surface area contributed by atoms with Crippen LogP contribution in [0.15, 0.2) is 24.3 Å². The fourth-order valence-corrected chi connectivity index (χ4v) is 1.78. The average molecular weight is 238 g/mol. The minimum absolute atomic E-state index is 0.0110. The summed E-state index contributed by atoms with van der Waals surface area (Å²) in [7, 11) is 0. The normalized spacial score (nSPS) is 12.8. The first-order valence-electron chi connectivity index (χ1n) is 6.72. The molecule has 0 rings (SSSR count). The summed E-state index contributed by atoms with van der Waals surface area (Å²) in [6.07, 6.45) is 12.3. The molecule has 0 aliphatic carbocycles. The predicted octanol–water partition coefficient (Wildman–Crippen LogP) is 4.57. The Bertz CT molecular complexity index is 254. The Balaban J connectivity index is 3.80. The van der Waals surface area contributed by atoms with Gasteiger partial charge in [-0.2, -0.15) is 0 Å². The van der Waals surface area contributed by atoms with E-state index in [0.29, 0.717) is 5.57 Å². The molecule has 98 valence electrons. The van der Waals surface area contributed by atoms with Crippen molar-refractivity contribution in [1.29, 1.82) is 0 Å². The van der Waals surface area contributed by atoms with E-state index < -0.39 is 5.97 Å². The molecule has 2 nitrogen and oxygen atoms in total. The number of rotatable bonds is 10. The molecule has 0 aromatic carbocycles. The number of carbonyl (C=O) groups is 1. The van der Waals surface area contributed by atoms with Crippen LogP contribution >= 0.6 is 0 Å². The summed E-state index contributed by atoms with van der Waals surface area (Å²) in [5.41, 5.74) is 0.301. The number of hydrogen-bond donors (Lipinski definition) is 1. The lowest BCUT2D eigenvalue weighted by Crippen LogP contribution is -2.08. The van der Waals surface area contributed by atoms with E-state index in [-0.39, 0.29) is 5.92 Å². The molecule has 1 unspecified atom stereocenters. The van der Waals surface area contributed by atoms with Crippen LogP contribution in [0.25, 0.3) is 0 Å². The zero-order chi connectivity index (χ0) is 13.1. The Morgan fingerprint density at radius 1 is 1.24 bits per heavy atom. The van der Waals surface area contributed by atoms with Crippen molar-refractivity contribution in [3.8, 4) is 0 Å². The molecule has 1 atom stereocenters. The van der Waals surface area contributed by atoms with Gasteiger partial charge >= 0.3 is 5.97 Å².